The van der Waals surface area contributed by atoms with Gasteiger partial charge in [-0.2, -0.15) is 13.2 Å². The topological polar surface area (TPSA) is 95.6 Å². The number of amides is 1. The Bertz CT molecular complexity index is 1020. The van der Waals surface area contributed by atoms with Gasteiger partial charge < -0.3 is 10.3 Å². The SMILES string of the molecule is CC(C)[C@@H](NCC(F)(F)F)C(=O)Nc1cncc(-c2c[nH]c3ncc(Cl)cc23)n1. The number of hydrogen-bond acceptors (Lipinski definition) is 5. The summed E-state index contributed by atoms with van der Waals surface area (Å²) in [6.07, 6.45) is 1.60. The quantitative estimate of drug-likeness (QED) is 0.557. The molecule has 1 atom stereocenters. The highest BCUT2D eigenvalue weighted by atomic mass is 35.5. The van der Waals surface area contributed by atoms with Crippen molar-refractivity contribution >= 4 is 34.4 Å². The number of aromatic amines is 1. The van der Waals surface area contributed by atoms with Crippen molar-refractivity contribution in [1.82, 2.24) is 25.3 Å². The number of nitrogens with zero attached hydrogens (tertiary/aromatic N) is 3. The molecule has 29 heavy (non-hydrogen) atoms. The van der Waals surface area contributed by atoms with Crippen LogP contribution in [0, 0.1) is 5.92 Å². The molecule has 0 aliphatic heterocycles. The molecule has 1 amide bonds. The van der Waals surface area contributed by atoms with Gasteiger partial charge in [-0.15, -0.1) is 0 Å². The maximum Gasteiger partial charge on any atom is 0.401 e. The van der Waals surface area contributed by atoms with Crippen LogP contribution < -0.4 is 10.6 Å². The Hall–Kier alpha value is -2.72. The standard InChI is InChI=1S/C18H18ClF3N6O/c1-9(2)15(26-8-18(20,21)22)17(29)28-14-7-23-6-13(27-14)12-5-25-16-11(12)3-10(19)4-24-16/h3-7,9,15,26H,8H2,1-2H3,(H,24,25)(H,27,28,29)/t15-/m1/s1. The monoisotopic (exact) mass is 426 g/mol. The highest BCUT2D eigenvalue weighted by molar-refractivity contribution is 6.31. The van der Waals surface area contributed by atoms with Crippen LogP contribution in [0.4, 0.5) is 19.0 Å². The molecule has 0 bridgehead atoms. The molecule has 0 aliphatic rings. The minimum absolute atomic E-state index is 0.122. The molecule has 3 rings (SSSR count). The zero-order valence-electron chi connectivity index (χ0n) is 15.5. The van der Waals surface area contributed by atoms with Crippen molar-refractivity contribution in [3.8, 4) is 11.3 Å². The molecule has 0 saturated carbocycles. The maximum absolute atomic E-state index is 12.5. The second-order valence-corrected chi connectivity index (χ2v) is 7.19. The minimum atomic E-state index is -4.42. The smallest absolute Gasteiger partial charge is 0.345 e. The van der Waals surface area contributed by atoms with Gasteiger partial charge in [0.05, 0.1) is 35.7 Å². The van der Waals surface area contributed by atoms with Crippen molar-refractivity contribution in [2.45, 2.75) is 26.1 Å². The first-order valence-electron chi connectivity index (χ1n) is 8.70. The molecule has 154 valence electrons. The minimum Gasteiger partial charge on any atom is -0.345 e. The number of fused-ring (bicyclic) bond motifs is 1. The van der Waals surface area contributed by atoms with Gasteiger partial charge in [-0.3, -0.25) is 15.1 Å². The number of halogens is 4. The highest BCUT2D eigenvalue weighted by Gasteiger charge is 2.31. The summed E-state index contributed by atoms with van der Waals surface area (Å²) >= 11 is 6.00. The molecule has 0 spiro atoms. The van der Waals surface area contributed by atoms with Crippen molar-refractivity contribution in [3.05, 3.63) is 35.9 Å². The van der Waals surface area contributed by atoms with Gasteiger partial charge in [-0.05, 0) is 12.0 Å². The van der Waals surface area contributed by atoms with Gasteiger partial charge in [0.15, 0.2) is 5.82 Å². The van der Waals surface area contributed by atoms with Gasteiger partial charge >= 0.3 is 6.18 Å². The Labute approximate surface area is 169 Å². The van der Waals surface area contributed by atoms with Gasteiger partial charge in [-0.1, -0.05) is 25.4 Å². The van der Waals surface area contributed by atoms with E-state index in [1.54, 1.807) is 26.1 Å². The highest BCUT2D eigenvalue weighted by Crippen LogP contribution is 2.28. The van der Waals surface area contributed by atoms with Crippen LogP contribution >= 0.6 is 11.6 Å². The van der Waals surface area contributed by atoms with Crippen LogP contribution in [-0.2, 0) is 4.79 Å². The van der Waals surface area contributed by atoms with E-state index in [-0.39, 0.29) is 11.7 Å². The molecule has 0 unspecified atom stereocenters. The van der Waals surface area contributed by atoms with Crippen molar-refractivity contribution in [2.24, 2.45) is 5.92 Å². The fraction of sp³-hybridized carbons (Fsp3) is 0.333. The third kappa shape index (κ3) is 5.21. The number of nitrogens with one attached hydrogen (secondary N) is 3. The molecule has 3 N–H and O–H groups in total. The number of pyridine rings is 1. The van der Waals surface area contributed by atoms with E-state index in [1.807, 2.05) is 0 Å². The summed E-state index contributed by atoms with van der Waals surface area (Å²) in [6, 6.07) is 0.677. The number of rotatable bonds is 6. The Morgan fingerprint density at radius 3 is 2.72 bits per heavy atom. The van der Waals surface area contributed by atoms with E-state index < -0.39 is 24.7 Å². The predicted molar refractivity (Wildman–Crippen MR) is 103 cm³/mol. The van der Waals surface area contributed by atoms with Crippen LogP contribution in [0.25, 0.3) is 22.3 Å². The Morgan fingerprint density at radius 1 is 1.28 bits per heavy atom. The molecule has 11 heteroatoms. The molecule has 7 nitrogen and oxygen atoms in total. The van der Waals surface area contributed by atoms with Gasteiger partial charge in [0.25, 0.3) is 0 Å². The van der Waals surface area contributed by atoms with E-state index in [0.717, 1.165) is 5.39 Å². The van der Waals surface area contributed by atoms with Crippen LogP contribution in [0.5, 0.6) is 0 Å². The summed E-state index contributed by atoms with van der Waals surface area (Å²) in [5.41, 5.74) is 1.73. The zero-order chi connectivity index (χ0) is 21.2. The number of anilines is 1. The summed E-state index contributed by atoms with van der Waals surface area (Å²) in [5.74, 6) is -0.869. The van der Waals surface area contributed by atoms with Crippen LogP contribution in [0.2, 0.25) is 5.02 Å². The molecular formula is C18H18ClF3N6O. The van der Waals surface area contributed by atoms with E-state index in [9.17, 15) is 18.0 Å². The number of aromatic nitrogens is 4. The molecule has 0 saturated heterocycles. The van der Waals surface area contributed by atoms with Gasteiger partial charge in [-0.25, -0.2) is 9.97 Å². The molecule has 3 heterocycles. The summed E-state index contributed by atoms with van der Waals surface area (Å²) < 4.78 is 37.5. The first kappa shape index (κ1) is 21.0. The van der Waals surface area contributed by atoms with E-state index >= 15 is 0 Å². The average Bonchev–Trinajstić information content (AvgIpc) is 3.03. The Morgan fingerprint density at radius 2 is 2.03 bits per heavy atom. The normalized spacial score (nSPS) is 13.1. The van der Waals surface area contributed by atoms with E-state index in [0.29, 0.717) is 21.9 Å². The number of hydrogen-bond donors (Lipinski definition) is 3. The summed E-state index contributed by atoms with van der Waals surface area (Å²) in [5, 5.41) is 5.94. The molecule has 0 radical (unpaired) electrons. The second-order valence-electron chi connectivity index (χ2n) is 6.75. The average molecular weight is 427 g/mol. The molecule has 3 aromatic heterocycles. The third-order valence-electron chi connectivity index (χ3n) is 4.13. The predicted octanol–water partition coefficient (Wildman–Crippen LogP) is 3.79. The van der Waals surface area contributed by atoms with Crippen molar-refractivity contribution in [3.63, 3.8) is 0 Å². The Kier molecular flexibility index (Phi) is 6.04. The molecule has 0 aromatic carbocycles. The van der Waals surface area contributed by atoms with Gasteiger partial charge in [0.1, 0.15) is 5.65 Å². The maximum atomic E-state index is 12.5. The lowest BCUT2D eigenvalue weighted by Crippen LogP contribution is -2.47. The van der Waals surface area contributed by atoms with Crippen LogP contribution in [-0.4, -0.2) is 44.6 Å². The van der Waals surface area contributed by atoms with E-state index in [1.165, 1.54) is 18.6 Å². The fourth-order valence-electron chi connectivity index (χ4n) is 2.81. The number of carbonyl (C=O) groups is 1. The fourth-order valence-corrected chi connectivity index (χ4v) is 2.96. The summed E-state index contributed by atoms with van der Waals surface area (Å²) in [6.45, 7) is 2.04. The van der Waals surface area contributed by atoms with Crippen molar-refractivity contribution in [1.29, 1.82) is 0 Å². The van der Waals surface area contributed by atoms with Gasteiger partial charge in [0.2, 0.25) is 5.91 Å². The lowest BCUT2D eigenvalue weighted by atomic mass is 10.0. The first-order valence-corrected chi connectivity index (χ1v) is 9.08. The third-order valence-corrected chi connectivity index (χ3v) is 4.34. The number of H-pyrrole nitrogens is 1. The molecule has 3 aromatic rings. The number of alkyl halides is 3. The molecule has 0 aliphatic carbocycles. The Balaban J connectivity index is 1.81. The van der Waals surface area contributed by atoms with Crippen LogP contribution in [0.15, 0.2) is 30.9 Å². The molecule has 0 fully saturated rings. The lowest BCUT2D eigenvalue weighted by Gasteiger charge is -2.22. The summed E-state index contributed by atoms with van der Waals surface area (Å²) in [4.78, 5) is 28.1. The van der Waals surface area contributed by atoms with E-state index in [2.05, 4.69) is 30.6 Å². The van der Waals surface area contributed by atoms with Crippen LogP contribution in [0.3, 0.4) is 0 Å². The largest absolute Gasteiger partial charge is 0.401 e. The number of carbonyl (C=O) groups excluding carboxylic acids is 1. The first-order chi connectivity index (χ1) is 13.6. The second kappa shape index (κ2) is 8.34. The van der Waals surface area contributed by atoms with E-state index in [4.69, 9.17) is 11.6 Å². The zero-order valence-corrected chi connectivity index (χ0v) is 16.3. The van der Waals surface area contributed by atoms with Crippen molar-refractivity contribution < 1.29 is 18.0 Å². The lowest BCUT2D eigenvalue weighted by molar-refractivity contribution is -0.131. The van der Waals surface area contributed by atoms with Crippen LogP contribution in [0.1, 0.15) is 13.8 Å². The molecular weight excluding hydrogens is 409 g/mol. The van der Waals surface area contributed by atoms with Gasteiger partial charge in [0, 0.05) is 23.3 Å². The summed E-state index contributed by atoms with van der Waals surface area (Å²) in [7, 11) is 0. The van der Waals surface area contributed by atoms with Crippen molar-refractivity contribution in [2.75, 3.05) is 11.9 Å².